The monoisotopic (exact) mass is 371 g/mol. The Balaban J connectivity index is 2.05. The van der Waals surface area contributed by atoms with E-state index >= 15 is 0 Å². The number of carbonyl (C=O) groups is 1. The highest BCUT2D eigenvalue weighted by Crippen LogP contribution is 2.21. The number of amides is 1. The van der Waals surface area contributed by atoms with Gasteiger partial charge in [0.1, 0.15) is 0 Å². The molecule has 0 saturated carbocycles. The number of aromatic nitrogens is 2. The highest BCUT2D eigenvalue weighted by Gasteiger charge is 2.10. The summed E-state index contributed by atoms with van der Waals surface area (Å²) in [6.07, 6.45) is 3.60. The van der Waals surface area contributed by atoms with E-state index in [-0.39, 0.29) is 5.91 Å². The lowest BCUT2D eigenvalue weighted by atomic mass is 10.2. The van der Waals surface area contributed by atoms with E-state index in [1.165, 1.54) is 0 Å². The van der Waals surface area contributed by atoms with E-state index in [0.29, 0.717) is 12.1 Å². The Hall–Kier alpha value is -1.14. The lowest BCUT2D eigenvalue weighted by Crippen LogP contribution is -2.23. The minimum absolute atomic E-state index is 0.118. The molecule has 18 heavy (non-hydrogen) atoms. The van der Waals surface area contributed by atoms with Crippen molar-refractivity contribution >= 4 is 37.8 Å². The van der Waals surface area contributed by atoms with E-state index in [9.17, 15) is 4.79 Å². The predicted octanol–water partition coefficient (Wildman–Crippen LogP) is 2.88. The van der Waals surface area contributed by atoms with Crippen LogP contribution in [0.1, 0.15) is 15.9 Å². The Morgan fingerprint density at radius 3 is 2.89 bits per heavy atom. The van der Waals surface area contributed by atoms with Gasteiger partial charge in [0, 0.05) is 34.3 Å². The van der Waals surface area contributed by atoms with Gasteiger partial charge in [0.15, 0.2) is 0 Å². The zero-order valence-electron chi connectivity index (χ0n) is 9.65. The number of rotatable bonds is 3. The SMILES string of the molecule is Cn1cc(CNC(=O)c2cc(Br)ccc2Br)cn1. The third-order valence-corrected chi connectivity index (χ3v) is 3.57. The fraction of sp³-hybridized carbons (Fsp3) is 0.167. The number of halogens is 2. The Morgan fingerprint density at radius 2 is 2.22 bits per heavy atom. The molecule has 0 fully saturated rings. The number of carbonyl (C=O) groups excluding carboxylic acids is 1. The Labute approximate surface area is 122 Å². The van der Waals surface area contributed by atoms with Crippen LogP contribution in [-0.2, 0) is 13.6 Å². The zero-order chi connectivity index (χ0) is 13.1. The molecule has 0 atom stereocenters. The molecule has 0 unspecified atom stereocenters. The lowest BCUT2D eigenvalue weighted by molar-refractivity contribution is 0.0950. The highest BCUT2D eigenvalue weighted by atomic mass is 79.9. The van der Waals surface area contributed by atoms with E-state index in [1.54, 1.807) is 16.9 Å². The maximum atomic E-state index is 12.0. The molecule has 1 heterocycles. The van der Waals surface area contributed by atoms with Gasteiger partial charge in [0.05, 0.1) is 11.8 Å². The van der Waals surface area contributed by atoms with Gasteiger partial charge in [0.25, 0.3) is 5.91 Å². The van der Waals surface area contributed by atoms with Crippen molar-refractivity contribution in [2.45, 2.75) is 6.54 Å². The average molecular weight is 373 g/mol. The molecular weight excluding hydrogens is 362 g/mol. The minimum Gasteiger partial charge on any atom is -0.348 e. The maximum absolute atomic E-state index is 12.0. The van der Waals surface area contributed by atoms with Crippen LogP contribution in [0.4, 0.5) is 0 Å². The molecule has 2 rings (SSSR count). The number of nitrogens with one attached hydrogen (secondary N) is 1. The molecule has 1 aromatic heterocycles. The van der Waals surface area contributed by atoms with Gasteiger partial charge in [-0.15, -0.1) is 0 Å². The van der Waals surface area contributed by atoms with Crippen LogP contribution in [-0.4, -0.2) is 15.7 Å². The Kier molecular flexibility index (Phi) is 4.19. The van der Waals surface area contributed by atoms with Gasteiger partial charge in [-0.1, -0.05) is 15.9 Å². The molecule has 1 amide bonds. The summed E-state index contributed by atoms with van der Waals surface area (Å²) >= 11 is 6.71. The molecule has 6 heteroatoms. The molecule has 0 saturated heterocycles. The zero-order valence-corrected chi connectivity index (χ0v) is 12.8. The topological polar surface area (TPSA) is 46.9 Å². The van der Waals surface area contributed by atoms with Gasteiger partial charge in [-0.2, -0.15) is 5.10 Å². The highest BCUT2D eigenvalue weighted by molar-refractivity contribution is 9.11. The van der Waals surface area contributed by atoms with E-state index < -0.39 is 0 Å². The van der Waals surface area contributed by atoms with Crippen molar-refractivity contribution < 1.29 is 4.79 Å². The molecular formula is C12H11Br2N3O. The summed E-state index contributed by atoms with van der Waals surface area (Å²) < 4.78 is 3.35. The first-order valence-corrected chi connectivity index (χ1v) is 6.85. The summed E-state index contributed by atoms with van der Waals surface area (Å²) in [7, 11) is 1.84. The molecule has 0 bridgehead atoms. The van der Waals surface area contributed by atoms with Gasteiger partial charge < -0.3 is 5.32 Å². The van der Waals surface area contributed by atoms with Crippen LogP contribution in [0.3, 0.4) is 0 Å². The third kappa shape index (κ3) is 3.20. The van der Waals surface area contributed by atoms with Gasteiger partial charge in [-0.3, -0.25) is 9.48 Å². The number of aryl methyl sites for hydroxylation is 1. The second kappa shape index (κ2) is 5.67. The van der Waals surface area contributed by atoms with Crippen LogP contribution in [0.2, 0.25) is 0 Å². The minimum atomic E-state index is -0.118. The first kappa shape index (κ1) is 13.3. The maximum Gasteiger partial charge on any atom is 0.252 e. The standard InChI is InChI=1S/C12H11Br2N3O/c1-17-7-8(6-16-17)5-15-12(18)10-4-9(13)2-3-11(10)14/h2-4,6-7H,5H2,1H3,(H,15,18). The molecule has 0 aliphatic rings. The van der Waals surface area contributed by atoms with Crippen LogP contribution in [0.15, 0.2) is 39.5 Å². The van der Waals surface area contributed by atoms with E-state index in [0.717, 1.165) is 14.5 Å². The van der Waals surface area contributed by atoms with Crippen LogP contribution in [0.5, 0.6) is 0 Å². The normalized spacial score (nSPS) is 10.4. The summed E-state index contributed by atoms with van der Waals surface area (Å²) in [6.45, 7) is 0.464. The summed E-state index contributed by atoms with van der Waals surface area (Å²) in [5, 5.41) is 6.90. The fourth-order valence-corrected chi connectivity index (χ4v) is 2.30. The van der Waals surface area contributed by atoms with E-state index in [2.05, 4.69) is 42.3 Å². The average Bonchev–Trinajstić information content (AvgIpc) is 2.75. The molecule has 94 valence electrons. The third-order valence-electron chi connectivity index (χ3n) is 2.38. The number of nitrogens with zero attached hydrogens (tertiary/aromatic N) is 2. The molecule has 2 aromatic rings. The Morgan fingerprint density at radius 1 is 1.44 bits per heavy atom. The quantitative estimate of drug-likeness (QED) is 0.900. The molecule has 0 aliphatic heterocycles. The summed E-state index contributed by atoms with van der Waals surface area (Å²) in [4.78, 5) is 12.0. The van der Waals surface area contributed by atoms with Crippen molar-refractivity contribution in [3.63, 3.8) is 0 Å². The number of hydrogen-bond donors (Lipinski definition) is 1. The van der Waals surface area contributed by atoms with Crippen LogP contribution in [0, 0.1) is 0 Å². The molecule has 0 aliphatic carbocycles. The fourth-order valence-electron chi connectivity index (χ4n) is 1.51. The summed E-state index contributed by atoms with van der Waals surface area (Å²) in [6, 6.07) is 5.49. The summed E-state index contributed by atoms with van der Waals surface area (Å²) in [5.41, 5.74) is 1.57. The van der Waals surface area contributed by atoms with Crippen LogP contribution in [0.25, 0.3) is 0 Å². The summed E-state index contributed by atoms with van der Waals surface area (Å²) in [5.74, 6) is -0.118. The van der Waals surface area contributed by atoms with Gasteiger partial charge in [-0.25, -0.2) is 0 Å². The van der Waals surface area contributed by atoms with Crippen molar-refractivity contribution in [2.75, 3.05) is 0 Å². The molecule has 0 spiro atoms. The second-order valence-corrected chi connectivity index (χ2v) is 5.60. The van der Waals surface area contributed by atoms with Crippen LogP contribution < -0.4 is 5.32 Å². The Bertz CT molecular complexity index is 580. The van der Waals surface area contributed by atoms with Crippen LogP contribution >= 0.6 is 31.9 Å². The smallest absolute Gasteiger partial charge is 0.252 e. The van der Waals surface area contributed by atoms with Crippen molar-refractivity contribution in [3.8, 4) is 0 Å². The largest absolute Gasteiger partial charge is 0.348 e. The molecule has 4 nitrogen and oxygen atoms in total. The van der Waals surface area contributed by atoms with Crippen molar-refractivity contribution in [3.05, 3.63) is 50.7 Å². The molecule has 1 N–H and O–H groups in total. The van der Waals surface area contributed by atoms with Crippen molar-refractivity contribution in [2.24, 2.45) is 7.05 Å². The molecule has 1 aromatic carbocycles. The predicted molar refractivity (Wildman–Crippen MR) is 76.2 cm³/mol. The number of benzene rings is 1. The van der Waals surface area contributed by atoms with Crippen molar-refractivity contribution in [1.29, 1.82) is 0 Å². The van der Waals surface area contributed by atoms with Gasteiger partial charge in [-0.05, 0) is 34.1 Å². The lowest BCUT2D eigenvalue weighted by Gasteiger charge is -2.06. The second-order valence-electron chi connectivity index (χ2n) is 3.83. The van der Waals surface area contributed by atoms with Gasteiger partial charge >= 0.3 is 0 Å². The van der Waals surface area contributed by atoms with E-state index in [4.69, 9.17) is 0 Å². The number of hydrogen-bond acceptors (Lipinski definition) is 2. The van der Waals surface area contributed by atoms with Crippen molar-refractivity contribution in [1.82, 2.24) is 15.1 Å². The van der Waals surface area contributed by atoms with Gasteiger partial charge in [0.2, 0.25) is 0 Å². The first-order valence-electron chi connectivity index (χ1n) is 5.27. The van der Waals surface area contributed by atoms with E-state index in [1.807, 2.05) is 25.4 Å². The first-order chi connectivity index (χ1) is 8.56. The molecule has 0 radical (unpaired) electrons.